The van der Waals surface area contributed by atoms with Crippen LogP contribution in [0.25, 0.3) is 0 Å². The Morgan fingerprint density at radius 3 is 2.38 bits per heavy atom. The van der Waals surface area contributed by atoms with Crippen molar-refractivity contribution in [3.8, 4) is 5.75 Å². The zero-order chi connectivity index (χ0) is 17.9. The first-order chi connectivity index (χ1) is 11.3. The van der Waals surface area contributed by atoms with Gasteiger partial charge in [0.2, 0.25) is 0 Å². The van der Waals surface area contributed by atoms with Gasteiger partial charge in [-0.1, -0.05) is 18.2 Å². The fraction of sp³-hybridized carbons (Fsp3) is 0.263. The molecule has 0 amide bonds. The average Bonchev–Trinajstić information content (AvgIpc) is 2.56. The highest BCUT2D eigenvalue weighted by atomic mass is 19.1. The molecule has 2 aromatic carbocycles. The molecule has 0 saturated heterocycles. The van der Waals surface area contributed by atoms with Crippen LogP contribution in [0.5, 0.6) is 5.75 Å². The Kier molecular flexibility index (Phi) is 5.34. The zero-order valence-corrected chi connectivity index (χ0v) is 14.1. The van der Waals surface area contributed by atoms with Gasteiger partial charge in [0, 0.05) is 11.1 Å². The van der Waals surface area contributed by atoms with Crippen molar-refractivity contribution >= 4 is 11.8 Å². The SMILES string of the molecule is COC(=O)C(=O)c1cccc(F)c1COc1cc(C)c(C)cc1C. The number of ketones is 1. The van der Waals surface area contributed by atoms with Gasteiger partial charge in [-0.05, 0) is 49.6 Å². The number of Topliss-reactive ketones (excluding diaryl/α,β-unsaturated/α-hetero) is 1. The maximum absolute atomic E-state index is 14.1. The summed E-state index contributed by atoms with van der Waals surface area (Å²) in [5, 5.41) is 0. The lowest BCUT2D eigenvalue weighted by atomic mass is 10.0. The number of halogens is 1. The molecule has 0 bridgehead atoms. The number of hydrogen-bond acceptors (Lipinski definition) is 4. The van der Waals surface area contributed by atoms with Gasteiger partial charge >= 0.3 is 5.97 Å². The summed E-state index contributed by atoms with van der Waals surface area (Å²) in [7, 11) is 1.11. The number of carbonyl (C=O) groups is 2. The van der Waals surface area contributed by atoms with Crippen LogP contribution in [0.3, 0.4) is 0 Å². The summed E-state index contributed by atoms with van der Waals surface area (Å²) in [6.45, 7) is 5.69. The Balaban J connectivity index is 2.32. The van der Waals surface area contributed by atoms with Gasteiger partial charge in [0.05, 0.1) is 7.11 Å². The van der Waals surface area contributed by atoms with Crippen LogP contribution in [-0.4, -0.2) is 18.9 Å². The number of benzene rings is 2. The van der Waals surface area contributed by atoms with Gasteiger partial charge in [0.25, 0.3) is 5.78 Å². The topological polar surface area (TPSA) is 52.6 Å². The lowest BCUT2D eigenvalue weighted by Gasteiger charge is -2.14. The molecule has 2 rings (SSSR count). The summed E-state index contributed by atoms with van der Waals surface area (Å²) in [5.41, 5.74) is 3.08. The first-order valence-electron chi connectivity index (χ1n) is 7.45. The number of aryl methyl sites for hydroxylation is 3. The molecule has 2 aromatic rings. The Morgan fingerprint density at radius 2 is 1.71 bits per heavy atom. The minimum Gasteiger partial charge on any atom is -0.488 e. The summed E-state index contributed by atoms with van der Waals surface area (Å²) >= 11 is 0. The molecule has 0 aliphatic rings. The molecule has 0 N–H and O–H groups in total. The van der Waals surface area contributed by atoms with E-state index in [9.17, 15) is 14.0 Å². The second-order valence-electron chi connectivity index (χ2n) is 5.58. The van der Waals surface area contributed by atoms with E-state index >= 15 is 0 Å². The van der Waals surface area contributed by atoms with Crippen LogP contribution in [0.2, 0.25) is 0 Å². The Bertz CT molecular complexity index is 796. The zero-order valence-electron chi connectivity index (χ0n) is 14.1. The molecular weight excluding hydrogens is 311 g/mol. The minimum atomic E-state index is -1.04. The molecule has 0 atom stereocenters. The van der Waals surface area contributed by atoms with Gasteiger partial charge in [-0.15, -0.1) is 0 Å². The van der Waals surface area contributed by atoms with Crippen LogP contribution in [0.1, 0.15) is 32.6 Å². The lowest BCUT2D eigenvalue weighted by Crippen LogP contribution is -2.19. The molecule has 4 nitrogen and oxygen atoms in total. The van der Waals surface area contributed by atoms with Crippen LogP contribution in [0, 0.1) is 26.6 Å². The molecule has 0 aliphatic carbocycles. The largest absolute Gasteiger partial charge is 0.488 e. The number of rotatable bonds is 5. The Hall–Kier alpha value is -2.69. The van der Waals surface area contributed by atoms with Gasteiger partial charge < -0.3 is 9.47 Å². The van der Waals surface area contributed by atoms with Gasteiger partial charge in [-0.25, -0.2) is 9.18 Å². The maximum atomic E-state index is 14.1. The number of ether oxygens (including phenoxy) is 2. The lowest BCUT2D eigenvalue weighted by molar-refractivity contribution is -0.135. The van der Waals surface area contributed by atoms with E-state index in [1.54, 1.807) is 0 Å². The summed E-state index contributed by atoms with van der Waals surface area (Å²) in [4.78, 5) is 23.5. The Morgan fingerprint density at radius 1 is 1.04 bits per heavy atom. The highest BCUT2D eigenvalue weighted by Gasteiger charge is 2.22. The number of methoxy groups -OCH3 is 1. The molecule has 0 saturated carbocycles. The highest BCUT2D eigenvalue weighted by Crippen LogP contribution is 2.25. The van der Waals surface area contributed by atoms with Crippen molar-refractivity contribution in [1.82, 2.24) is 0 Å². The van der Waals surface area contributed by atoms with Crippen molar-refractivity contribution in [3.63, 3.8) is 0 Å². The van der Waals surface area contributed by atoms with Gasteiger partial charge in [-0.2, -0.15) is 0 Å². The summed E-state index contributed by atoms with van der Waals surface area (Å²) < 4.78 is 24.3. The molecule has 0 aromatic heterocycles. The summed E-state index contributed by atoms with van der Waals surface area (Å²) in [6, 6.07) is 7.82. The van der Waals surface area contributed by atoms with E-state index in [2.05, 4.69) is 4.74 Å². The first kappa shape index (κ1) is 17.7. The molecule has 0 fully saturated rings. The molecule has 126 valence electrons. The third kappa shape index (κ3) is 3.62. The van der Waals surface area contributed by atoms with Crippen molar-refractivity contribution in [2.45, 2.75) is 27.4 Å². The van der Waals surface area contributed by atoms with Crippen molar-refractivity contribution in [2.24, 2.45) is 0 Å². The molecule has 0 spiro atoms. The van der Waals surface area contributed by atoms with E-state index in [0.717, 1.165) is 23.8 Å². The molecule has 0 unspecified atom stereocenters. The third-order valence-corrected chi connectivity index (χ3v) is 3.90. The van der Waals surface area contributed by atoms with Crippen LogP contribution in [-0.2, 0) is 16.1 Å². The van der Waals surface area contributed by atoms with Crippen LogP contribution in [0.4, 0.5) is 4.39 Å². The smallest absolute Gasteiger partial charge is 0.379 e. The van der Waals surface area contributed by atoms with E-state index in [1.807, 2.05) is 32.9 Å². The summed E-state index contributed by atoms with van der Waals surface area (Å²) in [5.74, 6) is -1.93. The molecule has 0 aliphatic heterocycles. The van der Waals surface area contributed by atoms with Gasteiger partial charge in [0.1, 0.15) is 18.2 Å². The number of esters is 1. The predicted octanol–water partition coefficient (Wildman–Crippen LogP) is 3.69. The van der Waals surface area contributed by atoms with Crippen molar-refractivity contribution < 1.29 is 23.5 Å². The first-order valence-corrected chi connectivity index (χ1v) is 7.45. The van der Waals surface area contributed by atoms with E-state index in [-0.39, 0.29) is 17.7 Å². The fourth-order valence-electron chi connectivity index (χ4n) is 2.36. The fourth-order valence-corrected chi connectivity index (χ4v) is 2.36. The Labute approximate surface area is 140 Å². The number of carbonyl (C=O) groups excluding carboxylic acids is 2. The van der Waals surface area contributed by atoms with Crippen LogP contribution < -0.4 is 4.74 Å². The van der Waals surface area contributed by atoms with Crippen molar-refractivity contribution in [1.29, 1.82) is 0 Å². The standard InChI is InChI=1S/C19H19FO4/c1-11-8-13(3)17(9-12(11)2)24-10-15-14(6-5-7-16(15)20)18(21)19(22)23-4/h5-9H,10H2,1-4H3. The molecule has 0 radical (unpaired) electrons. The normalized spacial score (nSPS) is 10.4. The average molecular weight is 330 g/mol. The third-order valence-electron chi connectivity index (χ3n) is 3.90. The molecule has 0 heterocycles. The predicted molar refractivity (Wildman–Crippen MR) is 87.7 cm³/mol. The summed E-state index contributed by atoms with van der Waals surface area (Å²) in [6.07, 6.45) is 0. The minimum absolute atomic E-state index is 0.0329. The van der Waals surface area contributed by atoms with E-state index in [0.29, 0.717) is 5.75 Å². The van der Waals surface area contributed by atoms with E-state index in [1.165, 1.54) is 18.2 Å². The molecular formula is C19H19FO4. The second-order valence-corrected chi connectivity index (χ2v) is 5.58. The quantitative estimate of drug-likeness (QED) is 0.477. The van der Waals surface area contributed by atoms with Crippen LogP contribution >= 0.6 is 0 Å². The second kappa shape index (κ2) is 7.25. The van der Waals surface area contributed by atoms with Crippen molar-refractivity contribution in [3.05, 3.63) is 64.0 Å². The molecule has 24 heavy (non-hydrogen) atoms. The monoisotopic (exact) mass is 330 g/mol. The van der Waals surface area contributed by atoms with E-state index < -0.39 is 17.6 Å². The number of hydrogen-bond donors (Lipinski definition) is 0. The molecule has 5 heteroatoms. The van der Waals surface area contributed by atoms with Gasteiger partial charge in [0.15, 0.2) is 0 Å². The van der Waals surface area contributed by atoms with Gasteiger partial charge in [-0.3, -0.25) is 4.79 Å². The highest BCUT2D eigenvalue weighted by molar-refractivity contribution is 6.40. The van der Waals surface area contributed by atoms with Crippen molar-refractivity contribution in [2.75, 3.05) is 7.11 Å². The van der Waals surface area contributed by atoms with Crippen LogP contribution in [0.15, 0.2) is 30.3 Å². The maximum Gasteiger partial charge on any atom is 0.379 e. The van der Waals surface area contributed by atoms with E-state index in [4.69, 9.17) is 4.74 Å².